The number of allylic oxidation sites excluding steroid dienone is 5. The van der Waals surface area contributed by atoms with Crippen LogP contribution in [0, 0.1) is 11.3 Å². The maximum absolute atomic E-state index is 10.5. The average molecular weight is 234 g/mol. The zero-order chi connectivity index (χ0) is 13.1. The lowest BCUT2D eigenvalue weighted by Crippen LogP contribution is -2.23. The first-order valence-electron chi connectivity index (χ1n) is 6.09. The van der Waals surface area contributed by atoms with Gasteiger partial charge in [0.05, 0.1) is 0 Å². The molecule has 0 saturated heterocycles. The molecule has 2 heteroatoms. The van der Waals surface area contributed by atoms with Crippen LogP contribution in [0.4, 0.5) is 0 Å². The smallest absolute Gasteiger partial charge is 0.328 e. The molecule has 0 heterocycles. The Balaban J connectivity index is 2.76. The van der Waals surface area contributed by atoms with Crippen LogP contribution in [-0.2, 0) is 4.79 Å². The van der Waals surface area contributed by atoms with E-state index in [0.717, 1.165) is 18.4 Å². The van der Waals surface area contributed by atoms with E-state index in [4.69, 9.17) is 5.11 Å². The van der Waals surface area contributed by atoms with Crippen molar-refractivity contribution >= 4 is 5.97 Å². The Hall–Kier alpha value is -1.31. The Morgan fingerprint density at radius 3 is 2.71 bits per heavy atom. The van der Waals surface area contributed by atoms with Gasteiger partial charge in [0, 0.05) is 6.08 Å². The summed E-state index contributed by atoms with van der Waals surface area (Å²) in [5.41, 5.74) is 2.42. The summed E-state index contributed by atoms with van der Waals surface area (Å²) in [5, 5.41) is 8.64. The van der Waals surface area contributed by atoms with Crippen molar-refractivity contribution in [2.24, 2.45) is 11.3 Å². The van der Waals surface area contributed by atoms with Crippen LogP contribution in [-0.4, -0.2) is 11.1 Å². The van der Waals surface area contributed by atoms with Crippen molar-refractivity contribution in [1.82, 2.24) is 0 Å². The molecule has 0 spiro atoms. The van der Waals surface area contributed by atoms with E-state index in [9.17, 15) is 4.79 Å². The quantitative estimate of drug-likeness (QED) is 0.456. The van der Waals surface area contributed by atoms with Crippen LogP contribution in [0.5, 0.6) is 0 Å². The van der Waals surface area contributed by atoms with Crippen molar-refractivity contribution in [3.05, 3.63) is 35.5 Å². The molecule has 0 aromatic heterocycles. The van der Waals surface area contributed by atoms with Crippen molar-refractivity contribution in [3.63, 3.8) is 0 Å². The molecule has 1 aliphatic carbocycles. The lowest BCUT2D eigenvalue weighted by Gasteiger charge is -2.34. The van der Waals surface area contributed by atoms with Crippen LogP contribution in [0.25, 0.3) is 0 Å². The van der Waals surface area contributed by atoms with Gasteiger partial charge in [0.15, 0.2) is 0 Å². The van der Waals surface area contributed by atoms with Crippen molar-refractivity contribution in [3.8, 4) is 0 Å². The molecular formula is C15H22O2. The fourth-order valence-corrected chi connectivity index (χ4v) is 2.42. The zero-order valence-electron chi connectivity index (χ0n) is 11.2. The minimum Gasteiger partial charge on any atom is -0.478 e. The number of hydrogen-bond acceptors (Lipinski definition) is 1. The summed E-state index contributed by atoms with van der Waals surface area (Å²) in [6, 6.07) is 0. The second-order valence-electron chi connectivity index (χ2n) is 5.54. The van der Waals surface area contributed by atoms with Gasteiger partial charge in [0.2, 0.25) is 0 Å². The minimum atomic E-state index is -0.884. The lowest BCUT2D eigenvalue weighted by molar-refractivity contribution is -0.131. The van der Waals surface area contributed by atoms with Gasteiger partial charge in [-0.3, -0.25) is 0 Å². The molecule has 0 aromatic rings. The van der Waals surface area contributed by atoms with Crippen molar-refractivity contribution in [2.45, 2.75) is 40.5 Å². The highest BCUT2D eigenvalue weighted by atomic mass is 16.4. The van der Waals surface area contributed by atoms with Crippen LogP contribution in [0.15, 0.2) is 35.5 Å². The van der Waals surface area contributed by atoms with Crippen LogP contribution in [0.1, 0.15) is 40.5 Å². The first-order valence-corrected chi connectivity index (χ1v) is 6.09. The normalized spacial score (nSPS) is 24.8. The molecule has 1 unspecified atom stereocenters. The van der Waals surface area contributed by atoms with Gasteiger partial charge in [-0.15, -0.1) is 0 Å². The largest absolute Gasteiger partial charge is 0.478 e. The van der Waals surface area contributed by atoms with E-state index in [0.29, 0.717) is 5.92 Å². The fourth-order valence-electron chi connectivity index (χ4n) is 2.42. The molecule has 0 fully saturated rings. The second-order valence-corrected chi connectivity index (χ2v) is 5.54. The van der Waals surface area contributed by atoms with Gasteiger partial charge in [0.1, 0.15) is 0 Å². The standard InChI is InChI=1S/C15H22O2/c1-11(9-14(16)17)5-7-13-8-6-12(2)10-15(13,3)4/h5,7,9-10,13H,6,8H2,1-4H3,(H,16,17)/b7-5+,11-9+. The van der Waals surface area contributed by atoms with Crippen LogP contribution in [0.2, 0.25) is 0 Å². The number of rotatable bonds is 3. The van der Waals surface area contributed by atoms with Gasteiger partial charge in [-0.1, -0.05) is 37.6 Å². The number of aliphatic carboxylic acids is 1. The number of carbonyl (C=O) groups is 1. The average Bonchev–Trinajstić information content (AvgIpc) is 2.13. The Labute approximate surface area is 104 Å². The topological polar surface area (TPSA) is 37.3 Å². The molecule has 17 heavy (non-hydrogen) atoms. The molecule has 1 rings (SSSR count). The Bertz CT molecular complexity index is 384. The van der Waals surface area contributed by atoms with Crippen LogP contribution < -0.4 is 0 Å². The van der Waals surface area contributed by atoms with E-state index >= 15 is 0 Å². The molecule has 94 valence electrons. The molecular weight excluding hydrogens is 212 g/mol. The third-order valence-electron chi connectivity index (χ3n) is 3.37. The minimum absolute atomic E-state index is 0.169. The van der Waals surface area contributed by atoms with E-state index in [1.807, 2.05) is 13.0 Å². The third-order valence-corrected chi connectivity index (χ3v) is 3.37. The molecule has 0 saturated carbocycles. The van der Waals surface area contributed by atoms with E-state index in [2.05, 4.69) is 32.9 Å². The van der Waals surface area contributed by atoms with E-state index in [1.165, 1.54) is 11.6 Å². The lowest BCUT2D eigenvalue weighted by atomic mass is 9.71. The highest BCUT2D eigenvalue weighted by Gasteiger charge is 2.28. The monoisotopic (exact) mass is 234 g/mol. The molecule has 0 bridgehead atoms. The maximum Gasteiger partial charge on any atom is 0.328 e. The summed E-state index contributed by atoms with van der Waals surface area (Å²) in [4.78, 5) is 10.5. The van der Waals surface area contributed by atoms with E-state index in [1.54, 1.807) is 0 Å². The highest BCUT2D eigenvalue weighted by Crippen LogP contribution is 2.39. The fraction of sp³-hybridized carbons (Fsp3) is 0.533. The Kier molecular flexibility index (Phi) is 4.33. The Morgan fingerprint density at radius 1 is 1.53 bits per heavy atom. The van der Waals surface area contributed by atoms with Gasteiger partial charge in [-0.05, 0) is 43.6 Å². The van der Waals surface area contributed by atoms with Crippen LogP contribution >= 0.6 is 0 Å². The summed E-state index contributed by atoms with van der Waals surface area (Å²) in [6.45, 7) is 8.47. The molecule has 0 amide bonds. The van der Waals surface area contributed by atoms with E-state index in [-0.39, 0.29) is 5.41 Å². The third kappa shape index (κ3) is 4.22. The molecule has 1 N–H and O–H groups in total. The van der Waals surface area contributed by atoms with Gasteiger partial charge >= 0.3 is 5.97 Å². The number of carboxylic acid groups (broad SMARTS) is 1. The van der Waals surface area contributed by atoms with Crippen molar-refractivity contribution < 1.29 is 9.90 Å². The molecule has 1 aliphatic rings. The molecule has 0 aromatic carbocycles. The second kappa shape index (κ2) is 5.35. The molecule has 2 nitrogen and oxygen atoms in total. The summed E-state index contributed by atoms with van der Waals surface area (Å²) in [7, 11) is 0. The van der Waals surface area contributed by atoms with Crippen molar-refractivity contribution in [1.29, 1.82) is 0 Å². The molecule has 0 aliphatic heterocycles. The van der Waals surface area contributed by atoms with E-state index < -0.39 is 5.97 Å². The summed E-state index contributed by atoms with van der Waals surface area (Å²) < 4.78 is 0. The predicted octanol–water partition coefficient (Wildman–Crippen LogP) is 3.96. The van der Waals surface area contributed by atoms with Crippen LogP contribution in [0.3, 0.4) is 0 Å². The van der Waals surface area contributed by atoms with Crippen molar-refractivity contribution in [2.75, 3.05) is 0 Å². The Morgan fingerprint density at radius 2 is 2.18 bits per heavy atom. The summed E-state index contributed by atoms with van der Waals surface area (Å²) >= 11 is 0. The first kappa shape index (κ1) is 13.8. The molecule has 1 atom stereocenters. The number of carboxylic acids is 1. The van der Waals surface area contributed by atoms with Gasteiger partial charge in [-0.25, -0.2) is 4.79 Å². The highest BCUT2D eigenvalue weighted by molar-refractivity contribution is 5.81. The predicted molar refractivity (Wildman–Crippen MR) is 70.8 cm³/mol. The van der Waals surface area contributed by atoms with Gasteiger partial charge in [-0.2, -0.15) is 0 Å². The van der Waals surface area contributed by atoms with Gasteiger partial charge in [0.25, 0.3) is 0 Å². The molecule has 0 radical (unpaired) electrons. The van der Waals surface area contributed by atoms with Gasteiger partial charge < -0.3 is 5.11 Å². The maximum atomic E-state index is 10.5. The SMILES string of the molecule is CC1=CC(C)(C)C(/C=C/C(C)=C/C(=O)O)CC1. The summed E-state index contributed by atoms with van der Waals surface area (Å²) in [5.74, 6) is -0.394. The summed E-state index contributed by atoms with van der Waals surface area (Å²) in [6.07, 6.45) is 9.94. The zero-order valence-corrected chi connectivity index (χ0v) is 11.2. The first-order chi connectivity index (χ1) is 7.81. The number of hydrogen-bond donors (Lipinski definition) is 1.